The lowest BCUT2D eigenvalue weighted by molar-refractivity contribution is 1.60. The van der Waals surface area contributed by atoms with Crippen LogP contribution < -0.4 is 0 Å². The average Bonchev–Trinajstić information content (AvgIpc) is 2.06. The van der Waals surface area contributed by atoms with Crippen LogP contribution in [0.1, 0.15) is 11.1 Å². The molecule has 0 bridgehead atoms. The molecule has 0 amide bonds. The van der Waals surface area contributed by atoms with Gasteiger partial charge in [0, 0.05) is 0 Å². The van der Waals surface area contributed by atoms with E-state index in [1.165, 1.54) is 11.1 Å². The van der Waals surface area contributed by atoms with Gasteiger partial charge in [-0.15, -0.1) is 0 Å². The first-order chi connectivity index (χ1) is 5.97. The predicted octanol–water partition coefficient (Wildman–Crippen LogP) is 3.28. The Hall–Kier alpha value is -1.56. The third kappa shape index (κ3) is 1.37. The molecule has 2 rings (SSSR count). The van der Waals surface area contributed by atoms with Gasteiger partial charge in [-0.25, -0.2) is 0 Å². The maximum absolute atomic E-state index is 2.12. The molecular formula is C12H10. The number of rotatable bonds is 0. The minimum absolute atomic E-state index is 1.28. The zero-order valence-electron chi connectivity index (χ0n) is 6.77. The molecule has 0 aliphatic heterocycles. The molecular weight excluding hydrogens is 144 g/mol. The summed E-state index contributed by atoms with van der Waals surface area (Å²) in [6, 6.07) is 8.36. The second-order valence-corrected chi connectivity index (χ2v) is 2.73. The number of allylic oxidation sites excluding steroid dienone is 4. The molecule has 1 aromatic rings. The normalized spacial score (nSPS) is 21.7. The van der Waals surface area contributed by atoms with Gasteiger partial charge < -0.3 is 0 Å². The van der Waals surface area contributed by atoms with Crippen molar-refractivity contribution in [3.8, 4) is 0 Å². The van der Waals surface area contributed by atoms with Crippen LogP contribution in [-0.4, -0.2) is 0 Å². The van der Waals surface area contributed by atoms with Crippen LogP contribution in [0.25, 0.3) is 12.2 Å². The largest absolute Gasteiger partial charge is 0.0622 e. The summed E-state index contributed by atoms with van der Waals surface area (Å²) in [7, 11) is 0. The highest BCUT2D eigenvalue weighted by Crippen LogP contribution is 2.13. The third-order valence-electron chi connectivity index (χ3n) is 1.88. The molecule has 1 aliphatic carbocycles. The van der Waals surface area contributed by atoms with Crippen LogP contribution in [-0.2, 0) is 0 Å². The van der Waals surface area contributed by atoms with Gasteiger partial charge in [-0.3, -0.25) is 0 Å². The lowest BCUT2D eigenvalue weighted by Gasteiger charge is -2.00. The van der Waals surface area contributed by atoms with Gasteiger partial charge in [-0.05, 0) is 11.1 Å². The summed E-state index contributed by atoms with van der Waals surface area (Å²) < 4.78 is 0. The van der Waals surface area contributed by atoms with Gasteiger partial charge >= 0.3 is 0 Å². The maximum atomic E-state index is 2.12. The van der Waals surface area contributed by atoms with E-state index in [0.29, 0.717) is 0 Å². The molecule has 0 radical (unpaired) electrons. The Morgan fingerprint density at radius 3 is 1.58 bits per heavy atom. The molecule has 0 nitrogen and oxygen atoms in total. The Labute approximate surface area is 72.5 Å². The number of fused-ring (bicyclic) bond motifs is 1. The Kier molecular flexibility index (Phi) is 1.91. The van der Waals surface area contributed by atoms with Crippen molar-refractivity contribution in [2.45, 2.75) is 0 Å². The molecule has 0 spiro atoms. The standard InChI is InChI=1S/C12H10/c1-2-4-8-12-10-6-5-9-11(12)7-3-1/h1-10H/b2-1-,3-1?,4-2?,7-3-,8-4-,11-7?,12-8?. The SMILES string of the molecule is C1=C\C=C/c2ccccc2\C=C/1. The Morgan fingerprint density at radius 2 is 1.08 bits per heavy atom. The molecule has 1 aliphatic rings. The van der Waals surface area contributed by atoms with Gasteiger partial charge in [0.2, 0.25) is 0 Å². The van der Waals surface area contributed by atoms with Crippen LogP contribution in [0.2, 0.25) is 0 Å². The fraction of sp³-hybridized carbons (Fsp3) is 0. The van der Waals surface area contributed by atoms with E-state index in [2.05, 4.69) is 48.6 Å². The molecule has 0 saturated carbocycles. The summed E-state index contributed by atoms with van der Waals surface area (Å²) in [5, 5.41) is 0. The van der Waals surface area contributed by atoms with E-state index in [-0.39, 0.29) is 0 Å². The second-order valence-electron chi connectivity index (χ2n) is 2.73. The summed E-state index contributed by atoms with van der Waals surface area (Å²) in [5.41, 5.74) is 2.55. The van der Waals surface area contributed by atoms with Crippen LogP contribution in [0.4, 0.5) is 0 Å². The van der Waals surface area contributed by atoms with E-state index in [1.54, 1.807) is 0 Å². The zero-order valence-corrected chi connectivity index (χ0v) is 6.77. The molecule has 58 valence electrons. The first kappa shape index (κ1) is 7.11. The highest BCUT2D eigenvalue weighted by molar-refractivity contribution is 5.67. The molecule has 0 fully saturated rings. The van der Waals surface area contributed by atoms with Crippen LogP contribution in [0, 0.1) is 0 Å². The quantitative estimate of drug-likeness (QED) is 0.538. The van der Waals surface area contributed by atoms with E-state index in [4.69, 9.17) is 0 Å². The monoisotopic (exact) mass is 154 g/mol. The van der Waals surface area contributed by atoms with Gasteiger partial charge in [0.1, 0.15) is 0 Å². The summed E-state index contributed by atoms with van der Waals surface area (Å²) >= 11 is 0. The average molecular weight is 154 g/mol. The van der Waals surface area contributed by atoms with Gasteiger partial charge in [0.15, 0.2) is 0 Å². The lowest BCUT2D eigenvalue weighted by Crippen LogP contribution is -1.79. The van der Waals surface area contributed by atoms with E-state index in [1.807, 2.05) is 12.2 Å². The van der Waals surface area contributed by atoms with Crippen LogP contribution in [0.5, 0.6) is 0 Å². The molecule has 0 saturated heterocycles. The van der Waals surface area contributed by atoms with Crippen molar-refractivity contribution in [2.75, 3.05) is 0 Å². The van der Waals surface area contributed by atoms with Gasteiger partial charge in [-0.2, -0.15) is 0 Å². The van der Waals surface area contributed by atoms with Gasteiger partial charge in [0.05, 0.1) is 0 Å². The van der Waals surface area contributed by atoms with Crippen LogP contribution in [0.3, 0.4) is 0 Å². The van der Waals surface area contributed by atoms with Crippen molar-refractivity contribution in [3.05, 3.63) is 59.7 Å². The fourth-order valence-electron chi connectivity index (χ4n) is 1.26. The maximum Gasteiger partial charge on any atom is -0.0184 e. The highest BCUT2D eigenvalue weighted by Gasteiger charge is 1.93. The number of hydrogen-bond donors (Lipinski definition) is 0. The molecule has 0 N–H and O–H groups in total. The minimum atomic E-state index is 1.28. The van der Waals surface area contributed by atoms with E-state index in [0.717, 1.165) is 0 Å². The topological polar surface area (TPSA) is 0 Å². The smallest absolute Gasteiger partial charge is 0.0184 e. The van der Waals surface area contributed by atoms with Crippen molar-refractivity contribution in [1.82, 2.24) is 0 Å². The van der Waals surface area contributed by atoms with Crippen LogP contribution >= 0.6 is 0 Å². The first-order valence-electron chi connectivity index (χ1n) is 4.07. The summed E-state index contributed by atoms with van der Waals surface area (Å²) in [4.78, 5) is 0. The molecule has 0 heteroatoms. The fourth-order valence-corrected chi connectivity index (χ4v) is 1.26. The predicted molar refractivity (Wildman–Crippen MR) is 53.7 cm³/mol. The molecule has 12 heavy (non-hydrogen) atoms. The first-order valence-corrected chi connectivity index (χ1v) is 4.07. The van der Waals surface area contributed by atoms with Crippen molar-refractivity contribution >= 4 is 12.2 Å². The summed E-state index contributed by atoms with van der Waals surface area (Å²) in [6.07, 6.45) is 12.4. The van der Waals surface area contributed by atoms with Crippen molar-refractivity contribution in [3.63, 3.8) is 0 Å². The molecule has 1 aromatic carbocycles. The van der Waals surface area contributed by atoms with Crippen molar-refractivity contribution in [1.29, 1.82) is 0 Å². The lowest BCUT2D eigenvalue weighted by atomic mass is 10.1. The van der Waals surface area contributed by atoms with Crippen molar-refractivity contribution in [2.24, 2.45) is 0 Å². The molecule has 0 unspecified atom stereocenters. The van der Waals surface area contributed by atoms with Gasteiger partial charge in [-0.1, -0.05) is 60.7 Å². The second kappa shape index (κ2) is 3.22. The van der Waals surface area contributed by atoms with Crippen molar-refractivity contribution < 1.29 is 0 Å². The number of hydrogen-bond acceptors (Lipinski definition) is 0. The Balaban J connectivity index is 2.54. The molecule has 0 heterocycles. The summed E-state index contributed by atoms with van der Waals surface area (Å²) in [5.74, 6) is 0. The Bertz CT molecular complexity index is 319. The van der Waals surface area contributed by atoms with Gasteiger partial charge in [0.25, 0.3) is 0 Å². The third-order valence-corrected chi connectivity index (χ3v) is 1.88. The zero-order chi connectivity index (χ0) is 8.23. The van der Waals surface area contributed by atoms with E-state index >= 15 is 0 Å². The van der Waals surface area contributed by atoms with E-state index < -0.39 is 0 Å². The summed E-state index contributed by atoms with van der Waals surface area (Å²) in [6.45, 7) is 0. The minimum Gasteiger partial charge on any atom is -0.0622 e. The van der Waals surface area contributed by atoms with E-state index in [9.17, 15) is 0 Å². The highest BCUT2D eigenvalue weighted by atomic mass is 14.0. The Morgan fingerprint density at radius 1 is 0.583 bits per heavy atom. The molecule has 0 atom stereocenters. The molecule has 0 aromatic heterocycles. The van der Waals surface area contributed by atoms with Crippen LogP contribution in [0.15, 0.2) is 48.6 Å². The number of benzene rings is 1.